The van der Waals surface area contributed by atoms with Gasteiger partial charge in [-0.05, 0) is 0 Å². The Morgan fingerprint density at radius 1 is 0.586 bits per heavy atom. The van der Waals surface area contributed by atoms with E-state index in [0.29, 0.717) is 5.56 Å². The van der Waals surface area contributed by atoms with E-state index in [0.717, 1.165) is 5.30 Å². The van der Waals surface area contributed by atoms with Crippen LogP contribution in [0.3, 0.4) is 0 Å². The fourth-order valence-corrected chi connectivity index (χ4v) is 9.08. The van der Waals surface area contributed by atoms with Crippen LogP contribution in [0.2, 0.25) is 0 Å². The predicted molar refractivity (Wildman–Crippen MR) is 124 cm³/mol. The van der Waals surface area contributed by atoms with E-state index in [4.69, 9.17) is 4.74 Å². The molecule has 0 fully saturated rings. The van der Waals surface area contributed by atoms with E-state index < -0.39 is 7.26 Å². The molecule has 0 aliphatic heterocycles. The van der Waals surface area contributed by atoms with Crippen molar-refractivity contribution in [2.45, 2.75) is 0 Å². The van der Waals surface area contributed by atoms with Gasteiger partial charge in [0.15, 0.2) is 0 Å². The van der Waals surface area contributed by atoms with Crippen molar-refractivity contribution in [2.24, 2.45) is 0 Å². The molecule has 4 rings (SSSR count). The van der Waals surface area contributed by atoms with Gasteiger partial charge < -0.3 is 0 Å². The van der Waals surface area contributed by atoms with Crippen molar-refractivity contribution in [2.75, 3.05) is 7.11 Å². The van der Waals surface area contributed by atoms with Crippen LogP contribution in [-0.4, -0.2) is 13.1 Å². The van der Waals surface area contributed by atoms with Crippen LogP contribution in [-0.2, 0) is 4.74 Å². The third kappa shape index (κ3) is 3.37. The van der Waals surface area contributed by atoms with Crippen LogP contribution >= 0.6 is 7.26 Å². The summed E-state index contributed by atoms with van der Waals surface area (Å²) in [5.41, 5.74) is 0.623. The maximum atomic E-state index is 12.8. The summed E-state index contributed by atoms with van der Waals surface area (Å²) in [6.07, 6.45) is 0. The topological polar surface area (TPSA) is 26.3 Å². The molecule has 4 aromatic carbocycles. The van der Waals surface area contributed by atoms with Gasteiger partial charge in [0, 0.05) is 0 Å². The summed E-state index contributed by atoms with van der Waals surface area (Å²) in [5, 5.41) is 4.73. The second-order valence-electron chi connectivity index (χ2n) is 6.89. The fourth-order valence-electron chi connectivity index (χ4n) is 4.13. The number of carbonyl (C=O) groups is 1. The second kappa shape index (κ2) is 8.43. The number of methoxy groups -OCH3 is 1. The van der Waals surface area contributed by atoms with Crippen LogP contribution in [0, 0.1) is 0 Å². The number of esters is 1. The summed E-state index contributed by atoms with van der Waals surface area (Å²) in [6, 6.07) is 39.5. The number of hydrogen-bond acceptors (Lipinski definition) is 2. The first-order valence-electron chi connectivity index (χ1n) is 9.63. The molecule has 29 heavy (non-hydrogen) atoms. The Hall–Kier alpha value is -3.22. The Balaban J connectivity index is 2.18. The molecule has 0 aromatic heterocycles. The molecule has 0 amide bonds. The van der Waals surface area contributed by atoms with Crippen LogP contribution in [0.25, 0.3) is 0 Å². The normalized spacial score (nSPS) is 11.6. The zero-order valence-electron chi connectivity index (χ0n) is 16.3. The molecule has 0 bridgehead atoms. The Morgan fingerprint density at radius 3 is 1.38 bits per heavy atom. The molecular weight excluding hydrogens is 375 g/mol. The summed E-state index contributed by atoms with van der Waals surface area (Å²) in [4.78, 5) is 12.8. The monoisotopic (exact) mass is 398 g/mol. The van der Waals surface area contributed by atoms with Crippen molar-refractivity contribution >= 4 is 34.4 Å². The number of ether oxygens (including phenoxy) is 1. The van der Waals surface area contributed by atoms with Gasteiger partial charge in [-0.15, -0.1) is 0 Å². The average Bonchev–Trinajstić information content (AvgIpc) is 2.82. The maximum absolute atomic E-state index is 12.8. The molecule has 0 heterocycles. The zero-order valence-corrected chi connectivity index (χ0v) is 17.3. The van der Waals surface area contributed by atoms with E-state index in [1.165, 1.54) is 23.0 Å². The van der Waals surface area contributed by atoms with Gasteiger partial charge in [0.05, 0.1) is 0 Å². The van der Waals surface area contributed by atoms with E-state index in [-0.39, 0.29) is 5.97 Å². The summed E-state index contributed by atoms with van der Waals surface area (Å²) >= 11 is 0. The Labute approximate surface area is 172 Å². The van der Waals surface area contributed by atoms with Crippen LogP contribution < -0.4 is 21.2 Å². The molecular formula is C26H23O2P. The number of hydrogen-bond donors (Lipinski definition) is 0. The third-order valence-electron chi connectivity index (χ3n) is 5.36. The van der Waals surface area contributed by atoms with Crippen molar-refractivity contribution in [3.8, 4) is 0 Å². The molecule has 0 aliphatic rings. The van der Waals surface area contributed by atoms with Crippen molar-refractivity contribution in [1.82, 2.24) is 0 Å². The summed E-state index contributed by atoms with van der Waals surface area (Å²) < 4.78 is 5.16. The molecule has 2 nitrogen and oxygen atoms in total. The first kappa shape index (κ1) is 19.1. The molecule has 0 aliphatic carbocycles. The summed E-state index contributed by atoms with van der Waals surface area (Å²) in [5.74, 6) is -0.305. The van der Waals surface area contributed by atoms with E-state index >= 15 is 0 Å². The number of carbonyl (C=O) groups excluding carboxylic acids is 1. The van der Waals surface area contributed by atoms with Crippen molar-refractivity contribution < 1.29 is 9.53 Å². The van der Waals surface area contributed by atoms with E-state index in [9.17, 15) is 4.79 Å². The minimum atomic E-state index is -2.72. The fraction of sp³-hybridized carbons (Fsp3) is 0.0385. The average molecular weight is 398 g/mol. The molecule has 0 spiro atoms. The Bertz CT molecular complexity index is 996. The van der Waals surface area contributed by atoms with Gasteiger partial charge in [0.2, 0.25) is 0 Å². The molecule has 144 valence electrons. The number of benzene rings is 4. The van der Waals surface area contributed by atoms with E-state index in [1.54, 1.807) is 0 Å². The second-order valence-corrected chi connectivity index (χ2v) is 10.7. The molecule has 0 N–H and O–H groups in total. The zero-order chi connectivity index (χ0) is 20.1. The van der Waals surface area contributed by atoms with Crippen LogP contribution in [0.1, 0.15) is 10.4 Å². The molecule has 0 saturated carbocycles. The molecule has 3 heteroatoms. The Kier molecular flexibility index (Phi) is 5.55. The van der Waals surface area contributed by atoms with E-state index in [2.05, 4.69) is 78.9 Å². The van der Waals surface area contributed by atoms with Gasteiger partial charge >= 0.3 is 172 Å². The van der Waals surface area contributed by atoms with Crippen molar-refractivity contribution in [1.29, 1.82) is 0 Å². The van der Waals surface area contributed by atoms with Gasteiger partial charge in [0.1, 0.15) is 0 Å². The minimum absolute atomic E-state index is 0.305. The van der Waals surface area contributed by atoms with Gasteiger partial charge in [0.25, 0.3) is 0 Å². The predicted octanol–water partition coefficient (Wildman–Crippen LogP) is 3.82. The standard InChI is InChI=1S/C26H23O2P/c1-28-26(27)24-19-11-12-20-25(24)29(21-13-5-2-6-14-21,22-15-7-3-8-16-22)23-17-9-4-10-18-23/h2-20,29H,1H3. The molecule has 4 aromatic rings. The third-order valence-corrected chi connectivity index (χ3v) is 10.2. The van der Waals surface area contributed by atoms with Gasteiger partial charge in [-0.1, -0.05) is 0 Å². The SMILES string of the molecule is COC(=O)c1ccccc1[PH](c1ccccc1)(c1ccccc1)c1ccccc1. The van der Waals surface area contributed by atoms with E-state index in [1.807, 2.05) is 36.4 Å². The molecule has 0 saturated heterocycles. The quantitative estimate of drug-likeness (QED) is 0.377. The Morgan fingerprint density at radius 2 is 0.966 bits per heavy atom. The van der Waals surface area contributed by atoms with Gasteiger partial charge in [-0.25, -0.2) is 0 Å². The summed E-state index contributed by atoms with van der Waals surface area (Å²) in [7, 11) is -1.28. The first-order chi connectivity index (χ1) is 14.3. The van der Waals surface area contributed by atoms with Crippen LogP contribution in [0.15, 0.2) is 115 Å². The van der Waals surface area contributed by atoms with Gasteiger partial charge in [-0.3, -0.25) is 0 Å². The number of rotatable bonds is 5. The van der Waals surface area contributed by atoms with Crippen molar-refractivity contribution in [3.05, 3.63) is 121 Å². The van der Waals surface area contributed by atoms with Crippen LogP contribution in [0.5, 0.6) is 0 Å². The van der Waals surface area contributed by atoms with Gasteiger partial charge in [-0.2, -0.15) is 0 Å². The van der Waals surface area contributed by atoms with Crippen LogP contribution in [0.4, 0.5) is 0 Å². The molecule has 0 atom stereocenters. The van der Waals surface area contributed by atoms with Crippen molar-refractivity contribution in [3.63, 3.8) is 0 Å². The molecule has 0 radical (unpaired) electrons. The first-order valence-corrected chi connectivity index (χ1v) is 11.6. The molecule has 0 unspecified atom stereocenters. The summed E-state index contributed by atoms with van der Waals surface area (Å²) in [6.45, 7) is 0.